The maximum Gasteiger partial charge on any atom is 0.173 e. The van der Waals surface area contributed by atoms with Crippen molar-refractivity contribution in [3.8, 4) is 17.2 Å². The molecule has 2 aromatic carbocycles. The summed E-state index contributed by atoms with van der Waals surface area (Å²) in [7, 11) is 1.63. The Morgan fingerprint density at radius 1 is 1.05 bits per heavy atom. The standard InChI is InChI=1S/C29H31NO6S/c1-30-14-13-27-17-28(35-3)11-12-29(27,26-24(28)20(31)16-37(26,32)33)22(30)15-18-9-10-21(34-2)25(23(18)27)36-19-7-5-4-6-8-19/h4-12,22,24,26H,13-17H2,1-3H3/t22-,24-,26+,27-,28-,29-/m1/s1. The molecule has 194 valence electrons. The molecule has 6 aliphatic rings. The van der Waals surface area contributed by atoms with E-state index in [-0.39, 0.29) is 11.8 Å². The zero-order chi connectivity index (χ0) is 25.8. The Morgan fingerprint density at radius 2 is 1.84 bits per heavy atom. The summed E-state index contributed by atoms with van der Waals surface area (Å²) in [4.78, 5) is 15.7. The molecule has 7 nitrogen and oxygen atoms in total. The number of sulfone groups is 1. The van der Waals surface area contributed by atoms with Crippen LogP contribution in [-0.2, 0) is 31.2 Å². The fourth-order valence-corrected chi connectivity index (χ4v) is 11.4. The number of methoxy groups -OCH3 is 2. The summed E-state index contributed by atoms with van der Waals surface area (Å²) in [5, 5.41) is -0.831. The van der Waals surface area contributed by atoms with E-state index in [1.165, 1.54) is 0 Å². The number of likely N-dealkylation sites (tertiary alicyclic amines) is 1. The van der Waals surface area contributed by atoms with Crippen molar-refractivity contribution >= 4 is 15.6 Å². The van der Waals surface area contributed by atoms with Gasteiger partial charge in [-0.2, -0.15) is 0 Å². The average Bonchev–Trinajstić information content (AvgIpc) is 3.16. The van der Waals surface area contributed by atoms with Crippen LogP contribution in [0.4, 0.5) is 0 Å². The largest absolute Gasteiger partial charge is 0.493 e. The molecule has 0 amide bonds. The zero-order valence-corrected chi connectivity index (χ0v) is 22.1. The monoisotopic (exact) mass is 521 g/mol. The summed E-state index contributed by atoms with van der Waals surface area (Å²) in [6.07, 6.45) is 6.06. The quantitative estimate of drug-likeness (QED) is 0.571. The number of piperidine rings is 1. The number of ether oxygens (including phenoxy) is 3. The number of rotatable bonds is 4. The number of likely N-dealkylation sites (N-methyl/N-ethyl adjacent to an activating group) is 1. The number of carbonyl (C=O) groups excluding carboxylic acids is 1. The van der Waals surface area contributed by atoms with Crippen LogP contribution in [0.5, 0.6) is 17.2 Å². The second-order valence-electron chi connectivity index (χ2n) is 11.4. The molecule has 8 rings (SSSR count). The molecule has 6 atom stereocenters. The summed E-state index contributed by atoms with van der Waals surface area (Å²) >= 11 is 0. The lowest BCUT2D eigenvalue weighted by Crippen LogP contribution is -2.78. The highest BCUT2D eigenvalue weighted by Crippen LogP contribution is 2.73. The van der Waals surface area contributed by atoms with Crippen molar-refractivity contribution in [2.24, 2.45) is 11.3 Å². The van der Waals surface area contributed by atoms with Gasteiger partial charge >= 0.3 is 0 Å². The van der Waals surface area contributed by atoms with Gasteiger partial charge < -0.3 is 19.1 Å². The number of hydrogen-bond donors (Lipinski definition) is 0. The number of ketones is 1. The molecule has 4 bridgehead atoms. The molecule has 4 aliphatic carbocycles. The molecule has 3 fully saturated rings. The summed E-state index contributed by atoms with van der Waals surface area (Å²) in [6, 6.07) is 13.6. The van der Waals surface area contributed by atoms with Crippen LogP contribution < -0.4 is 9.47 Å². The van der Waals surface area contributed by atoms with Crippen LogP contribution in [0, 0.1) is 11.3 Å². The molecule has 0 aromatic heterocycles. The van der Waals surface area contributed by atoms with Gasteiger partial charge in [0.15, 0.2) is 27.1 Å². The third-order valence-electron chi connectivity index (χ3n) is 10.1. The average molecular weight is 522 g/mol. The van der Waals surface area contributed by atoms with Crippen molar-refractivity contribution in [1.29, 1.82) is 0 Å². The van der Waals surface area contributed by atoms with Crippen molar-refractivity contribution in [2.75, 3.05) is 33.6 Å². The molecule has 37 heavy (non-hydrogen) atoms. The Kier molecular flexibility index (Phi) is 4.72. The van der Waals surface area contributed by atoms with Gasteiger partial charge in [0.1, 0.15) is 11.5 Å². The summed E-state index contributed by atoms with van der Waals surface area (Å²) in [6.45, 7) is 0.812. The van der Waals surface area contributed by atoms with Gasteiger partial charge in [0.05, 0.1) is 23.9 Å². The van der Waals surface area contributed by atoms with Gasteiger partial charge in [-0.15, -0.1) is 0 Å². The number of fused-ring (bicyclic) bond motifs is 1. The van der Waals surface area contributed by atoms with E-state index in [1.54, 1.807) is 14.2 Å². The fourth-order valence-electron chi connectivity index (χ4n) is 8.77. The third kappa shape index (κ3) is 2.69. The van der Waals surface area contributed by atoms with Crippen LogP contribution >= 0.6 is 0 Å². The molecule has 1 saturated carbocycles. The van der Waals surface area contributed by atoms with E-state index in [0.29, 0.717) is 30.1 Å². The van der Waals surface area contributed by atoms with Crippen molar-refractivity contribution in [1.82, 2.24) is 4.90 Å². The predicted octanol–water partition coefficient (Wildman–Crippen LogP) is 3.31. The summed E-state index contributed by atoms with van der Waals surface area (Å²) < 4.78 is 46.3. The minimum absolute atomic E-state index is 0.0636. The molecule has 2 saturated heterocycles. The van der Waals surface area contributed by atoms with E-state index in [9.17, 15) is 13.2 Å². The van der Waals surface area contributed by atoms with Crippen molar-refractivity contribution in [3.63, 3.8) is 0 Å². The SMILES string of the molecule is COc1ccc2c(c1Oc1ccccc1)[C@]13CCN(C)[C@H](C2)[C@@]12C=C[C@@](OC)(C3)[C@@H]1C(=O)CS(=O)(=O)[C@@H]12. The van der Waals surface area contributed by atoms with Gasteiger partial charge in [-0.05, 0) is 56.6 Å². The Hall–Kier alpha value is -2.68. The molecule has 8 heteroatoms. The van der Waals surface area contributed by atoms with E-state index in [0.717, 1.165) is 24.1 Å². The van der Waals surface area contributed by atoms with E-state index in [1.807, 2.05) is 42.5 Å². The molecule has 2 heterocycles. The topological polar surface area (TPSA) is 82.1 Å². The highest BCUT2D eigenvalue weighted by Gasteiger charge is 2.80. The lowest BCUT2D eigenvalue weighted by Gasteiger charge is -2.72. The van der Waals surface area contributed by atoms with Crippen LogP contribution in [0.3, 0.4) is 0 Å². The van der Waals surface area contributed by atoms with E-state index < -0.39 is 43.2 Å². The first-order valence-electron chi connectivity index (χ1n) is 12.9. The van der Waals surface area contributed by atoms with Crippen LogP contribution in [0.2, 0.25) is 0 Å². The Bertz CT molecular complexity index is 1450. The highest BCUT2D eigenvalue weighted by molar-refractivity contribution is 7.93. The predicted molar refractivity (Wildman–Crippen MR) is 138 cm³/mol. The number of nitrogens with zero attached hydrogens (tertiary/aromatic N) is 1. The van der Waals surface area contributed by atoms with Gasteiger partial charge in [-0.1, -0.05) is 36.4 Å². The van der Waals surface area contributed by atoms with Gasteiger partial charge in [0.25, 0.3) is 0 Å². The zero-order valence-electron chi connectivity index (χ0n) is 21.3. The number of Topliss-reactive ketones (excluding diaryl/α,β-unsaturated/α-hetero) is 1. The molecule has 0 radical (unpaired) electrons. The van der Waals surface area contributed by atoms with E-state index in [4.69, 9.17) is 14.2 Å². The maximum atomic E-state index is 13.9. The minimum Gasteiger partial charge on any atom is -0.493 e. The molecule has 0 N–H and O–H groups in total. The van der Waals surface area contributed by atoms with E-state index >= 15 is 0 Å². The normalized spacial score (nSPS) is 38.6. The van der Waals surface area contributed by atoms with E-state index in [2.05, 4.69) is 24.1 Å². The third-order valence-corrected chi connectivity index (χ3v) is 12.2. The van der Waals surface area contributed by atoms with Gasteiger partial charge in [-0.25, -0.2) is 8.42 Å². The Labute approximate surface area is 217 Å². The Balaban J connectivity index is 1.56. The Morgan fingerprint density at radius 3 is 2.57 bits per heavy atom. The number of para-hydroxylation sites is 1. The van der Waals surface area contributed by atoms with Crippen molar-refractivity contribution < 1.29 is 27.4 Å². The van der Waals surface area contributed by atoms with Crippen LogP contribution in [0.25, 0.3) is 0 Å². The molecular formula is C29H31NO6S. The maximum absolute atomic E-state index is 13.9. The van der Waals surface area contributed by atoms with Crippen LogP contribution in [-0.4, -0.2) is 69.6 Å². The van der Waals surface area contributed by atoms with Gasteiger partial charge in [0.2, 0.25) is 0 Å². The van der Waals surface area contributed by atoms with Gasteiger partial charge in [-0.3, -0.25) is 4.79 Å². The number of hydrogen-bond acceptors (Lipinski definition) is 7. The summed E-state index contributed by atoms with van der Waals surface area (Å²) in [5.74, 6) is 0.613. The second kappa shape index (κ2) is 7.46. The van der Waals surface area contributed by atoms with Crippen molar-refractivity contribution in [3.05, 3.63) is 65.7 Å². The first-order valence-corrected chi connectivity index (χ1v) is 14.6. The van der Waals surface area contributed by atoms with Crippen molar-refractivity contribution in [2.45, 2.75) is 41.6 Å². The highest BCUT2D eigenvalue weighted by atomic mass is 32.2. The fraction of sp³-hybridized carbons (Fsp3) is 0.483. The first-order chi connectivity index (χ1) is 17.7. The molecule has 2 aromatic rings. The molecule has 2 aliphatic heterocycles. The first kappa shape index (κ1) is 23.4. The number of carbonyl (C=O) groups is 1. The number of benzene rings is 2. The van der Waals surface area contributed by atoms with Gasteiger partial charge in [0, 0.05) is 29.5 Å². The smallest absolute Gasteiger partial charge is 0.173 e. The van der Waals surface area contributed by atoms with Crippen LogP contribution in [0.1, 0.15) is 24.0 Å². The molecular weight excluding hydrogens is 490 g/mol. The second-order valence-corrected chi connectivity index (χ2v) is 13.5. The minimum atomic E-state index is -3.70. The van der Waals surface area contributed by atoms with Crippen LogP contribution in [0.15, 0.2) is 54.6 Å². The lowest BCUT2D eigenvalue weighted by molar-refractivity contribution is -0.168. The lowest BCUT2D eigenvalue weighted by atomic mass is 9.37. The molecule has 1 spiro atoms. The molecule has 0 unspecified atom stereocenters. The summed E-state index contributed by atoms with van der Waals surface area (Å²) in [5.41, 5.74) is -0.197.